The fourth-order valence-electron chi connectivity index (χ4n) is 3.07. The van der Waals surface area contributed by atoms with Crippen LogP contribution in [-0.2, 0) is 0 Å². The molecule has 0 aliphatic carbocycles. The molecule has 1 aromatic carbocycles. The fourth-order valence-corrected chi connectivity index (χ4v) is 3.07. The van der Waals surface area contributed by atoms with Crippen LogP contribution in [-0.4, -0.2) is 46.7 Å². The summed E-state index contributed by atoms with van der Waals surface area (Å²) in [6.45, 7) is 4.87. The maximum Gasteiger partial charge on any atom is 0.259 e. The molecule has 0 amide bonds. The number of hydrogen-bond donors (Lipinski definition) is 1. The molecule has 0 saturated carbocycles. The minimum absolute atomic E-state index is 0. The van der Waals surface area contributed by atoms with Crippen molar-refractivity contribution in [2.24, 2.45) is 0 Å². The number of piperazine rings is 1. The molecule has 1 saturated heterocycles. The van der Waals surface area contributed by atoms with Gasteiger partial charge in [0.05, 0.1) is 17.1 Å². The summed E-state index contributed by atoms with van der Waals surface area (Å²) in [7, 11) is 2.09. The summed E-state index contributed by atoms with van der Waals surface area (Å²) >= 11 is 0. The highest BCUT2D eigenvalue weighted by molar-refractivity contribution is 5.86. The maximum absolute atomic E-state index is 5.53. The number of nitrogens with zero attached hydrogens (tertiary/aromatic N) is 4. The van der Waals surface area contributed by atoms with Gasteiger partial charge in [0.1, 0.15) is 0 Å². The van der Waals surface area contributed by atoms with E-state index in [1.165, 1.54) is 0 Å². The summed E-state index contributed by atoms with van der Waals surface area (Å²) in [6.07, 6.45) is 1.82. The second-order valence-electron chi connectivity index (χ2n) is 5.97. The number of para-hydroxylation sites is 1. The van der Waals surface area contributed by atoms with Crippen molar-refractivity contribution in [3.05, 3.63) is 41.9 Å². The van der Waals surface area contributed by atoms with E-state index in [0.717, 1.165) is 47.5 Å². The van der Waals surface area contributed by atoms with Gasteiger partial charge in [-0.25, -0.2) is 0 Å². The predicted octanol–water partition coefficient (Wildman–Crippen LogP) is 2.59. The van der Waals surface area contributed by atoms with E-state index in [2.05, 4.69) is 45.4 Å². The van der Waals surface area contributed by atoms with Gasteiger partial charge in [0, 0.05) is 31.2 Å². The van der Waals surface area contributed by atoms with E-state index >= 15 is 0 Å². The van der Waals surface area contributed by atoms with E-state index in [4.69, 9.17) is 4.52 Å². The third-order valence-electron chi connectivity index (χ3n) is 4.53. The number of aromatic nitrogens is 3. The van der Waals surface area contributed by atoms with Crippen molar-refractivity contribution in [1.29, 1.82) is 0 Å². The van der Waals surface area contributed by atoms with Crippen LogP contribution in [0, 0.1) is 6.92 Å². The molecule has 7 heteroatoms. The zero-order chi connectivity index (χ0) is 15.8. The van der Waals surface area contributed by atoms with Crippen LogP contribution in [0.4, 0.5) is 0 Å². The Morgan fingerprint density at radius 3 is 2.96 bits per heavy atom. The van der Waals surface area contributed by atoms with Crippen molar-refractivity contribution in [2.45, 2.75) is 13.0 Å². The monoisotopic (exact) mass is 345 g/mol. The number of hydrogen-bond acceptors (Lipinski definition) is 6. The van der Waals surface area contributed by atoms with E-state index in [1.807, 2.05) is 24.4 Å². The minimum atomic E-state index is 0. The molecule has 126 valence electrons. The number of likely N-dealkylation sites (N-methyl/N-ethyl adjacent to an activating group) is 1. The van der Waals surface area contributed by atoms with Gasteiger partial charge in [-0.05, 0) is 25.6 Å². The highest BCUT2D eigenvalue weighted by Gasteiger charge is 2.26. The van der Waals surface area contributed by atoms with E-state index < -0.39 is 0 Å². The Bertz CT molecular complexity index is 850. The Morgan fingerprint density at radius 1 is 1.29 bits per heavy atom. The highest BCUT2D eigenvalue weighted by Crippen LogP contribution is 2.28. The molecule has 1 atom stereocenters. The zero-order valence-electron chi connectivity index (χ0n) is 13.7. The molecule has 0 bridgehead atoms. The normalized spacial score (nSPS) is 18.5. The number of rotatable bonds is 2. The lowest BCUT2D eigenvalue weighted by molar-refractivity contribution is 0.190. The second-order valence-corrected chi connectivity index (χ2v) is 5.97. The Kier molecular flexibility index (Phi) is 4.80. The van der Waals surface area contributed by atoms with Crippen LogP contribution in [0.15, 0.2) is 35.0 Å². The van der Waals surface area contributed by atoms with Crippen LogP contribution in [0.1, 0.15) is 17.4 Å². The molecule has 24 heavy (non-hydrogen) atoms. The van der Waals surface area contributed by atoms with Crippen molar-refractivity contribution >= 4 is 23.3 Å². The molecule has 0 spiro atoms. The molecule has 1 unspecified atom stereocenters. The van der Waals surface area contributed by atoms with Gasteiger partial charge in [0.25, 0.3) is 5.89 Å². The van der Waals surface area contributed by atoms with Gasteiger partial charge in [-0.3, -0.25) is 9.88 Å². The van der Waals surface area contributed by atoms with Crippen molar-refractivity contribution in [1.82, 2.24) is 25.3 Å². The fraction of sp³-hybridized carbons (Fsp3) is 0.353. The molecule has 1 aliphatic rings. The Morgan fingerprint density at radius 2 is 2.12 bits per heavy atom. The van der Waals surface area contributed by atoms with Crippen molar-refractivity contribution in [2.75, 3.05) is 26.7 Å². The number of benzene rings is 1. The average molecular weight is 346 g/mol. The first-order chi connectivity index (χ1) is 11.2. The zero-order valence-corrected chi connectivity index (χ0v) is 14.5. The van der Waals surface area contributed by atoms with Crippen LogP contribution in [0.2, 0.25) is 0 Å². The second kappa shape index (κ2) is 6.84. The first kappa shape index (κ1) is 16.8. The minimum Gasteiger partial charge on any atom is -0.334 e. The predicted molar refractivity (Wildman–Crippen MR) is 95.3 cm³/mol. The van der Waals surface area contributed by atoms with Crippen molar-refractivity contribution in [3.8, 4) is 11.5 Å². The molecule has 0 radical (unpaired) electrons. The Balaban J connectivity index is 0.00000169. The lowest BCUT2D eigenvalue weighted by Crippen LogP contribution is -2.44. The number of halogens is 1. The van der Waals surface area contributed by atoms with E-state index in [0.29, 0.717) is 5.89 Å². The maximum atomic E-state index is 5.53. The SMILES string of the molecule is Cc1c(-c2nc(C3CNCCN3C)no2)cnc2ccccc12.Cl. The third-order valence-corrected chi connectivity index (χ3v) is 4.53. The summed E-state index contributed by atoms with van der Waals surface area (Å²) in [5, 5.41) is 8.68. The smallest absolute Gasteiger partial charge is 0.259 e. The van der Waals surface area contributed by atoms with E-state index in [-0.39, 0.29) is 18.4 Å². The van der Waals surface area contributed by atoms with E-state index in [1.54, 1.807) is 0 Å². The lowest BCUT2D eigenvalue weighted by Gasteiger charge is -2.30. The first-order valence-electron chi connectivity index (χ1n) is 7.83. The molecule has 1 aliphatic heterocycles. The largest absolute Gasteiger partial charge is 0.334 e. The van der Waals surface area contributed by atoms with Crippen molar-refractivity contribution in [3.63, 3.8) is 0 Å². The van der Waals surface area contributed by atoms with Crippen LogP contribution >= 0.6 is 12.4 Å². The summed E-state index contributed by atoms with van der Waals surface area (Å²) < 4.78 is 5.53. The van der Waals surface area contributed by atoms with Crippen LogP contribution in [0.3, 0.4) is 0 Å². The summed E-state index contributed by atoms with van der Waals surface area (Å²) in [5.74, 6) is 1.26. The topological polar surface area (TPSA) is 67.1 Å². The molecule has 1 N–H and O–H groups in total. The standard InChI is InChI=1S/C17H19N5O.ClH/c1-11-12-5-3-4-6-14(12)19-9-13(11)17-20-16(21-23-17)15-10-18-7-8-22(15)2;/h3-6,9,15,18H,7-8,10H2,1-2H3;1H. The summed E-state index contributed by atoms with van der Waals surface area (Å²) in [6, 6.07) is 8.23. The van der Waals surface area contributed by atoms with Gasteiger partial charge in [-0.15, -0.1) is 12.4 Å². The Labute approximate surface area is 146 Å². The molecule has 3 heterocycles. The van der Waals surface area contributed by atoms with Crippen LogP contribution in [0.25, 0.3) is 22.4 Å². The molecule has 1 fully saturated rings. The third kappa shape index (κ3) is 2.88. The Hall–Kier alpha value is -2.02. The molecule has 4 rings (SSSR count). The molecule has 2 aromatic heterocycles. The first-order valence-corrected chi connectivity index (χ1v) is 7.83. The lowest BCUT2D eigenvalue weighted by atomic mass is 10.1. The van der Waals surface area contributed by atoms with Gasteiger partial charge in [0.15, 0.2) is 5.82 Å². The van der Waals surface area contributed by atoms with Crippen LogP contribution in [0.5, 0.6) is 0 Å². The number of nitrogens with one attached hydrogen (secondary N) is 1. The van der Waals surface area contributed by atoms with Crippen molar-refractivity contribution < 1.29 is 4.52 Å². The molecular formula is C17H20ClN5O. The quantitative estimate of drug-likeness (QED) is 0.770. The highest BCUT2D eigenvalue weighted by atomic mass is 35.5. The van der Waals surface area contributed by atoms with E-state index in [9.17, 15) is 0 Å². The molecular weight excluding hydrogens is 326 g/mol. The summed E-state index contributed by atoms with van der Waals surface area (Å²) in [5.41, 5.74) is 2.99. The van der Waals surface area contributed by atoms with Crippen LogP contribution < -0.4 is 5.32 Å². The van der Waals surface area contributed by atoms with Gasteiger partial charge < -0.3 is 9.84 Å². The summed E-state index contributed by atoms with van der Waals surface area (Å²) in [4.78, 5) is 11.4. The molecule has 3 aromatic rings. The molecule has 6 nitrogen and oxygen atoms in total. The number of aryl methyl sites for hydroxylation is 1. The van der Waals surface area contributed by atoms with Gasteiger partial charge in [-0.1, -0.05) is 23.4 Å². The van der Waals surface area contributed by atoms with Gasteiger partial charge in [0.2, 0.25) is 0 Å². The average Bonchev–Trinajstić information content (AvgIpc) is 3.05. The number of pyridine rings is 1. The van der Waals surface area contributed by atoms with Gasteiger partial charge in [-0.2, -0.15) is 4.98 Å². The number of fused-ring (bicyclic) bond motifs is 1. The van der Waals surface area contributed by atoms with Gasteiger partial charge >= 0.3 is 0 Å².